The minimum absolute atomic E-state index is 0.0244. The number of carbonyl (C=O) groups excluding carboxylic acids is 1. The van der Waals surface area contributed by atoms with Crippen LogP contribution in [0.5, 0.6) is 0 Å². The van der Waals surface area contributed by atoms with Gasteiger partial charge in [-0.1, -0.05) is 56.0 Å². The van der Waals surface area contributed by atoms with Crippen LogP contribution in [0.15, 0.2) is 47.3 Å². The summed E-state index contributed by atoms with van der Waals surface area (Å²) in [6, 6.07) is 13.6. The van der Waals surface area contributed by atoms with Gasteiger partial charge < -0.3 is 4.90 Å². The Labute approximate surface area is 178 Å². The fourth-order valence-corrected chi connectivity index (χ4v) is 6.00. The van der Waals surface area contributed by atoms with Crippen molar-refractivity contribution in [3.63, 3.8) is 0 Å². The second-order valence-corrected chi connectivity index (χ2v) is 9.39. The van der Waals surface area contributed by atoms with Gasteiger partial charge >= 0.3 is 0 Å². The van der Waals surface area contributed by atoms with Gasteiger partial charge in [-0.2, -0.15) is 5.10 Å². The molecule has 5 rings (SSSR count). The van der Waals surface area contributed by atoms with Crippen LogP contribution in [-0.2, 0) is 4.79 Å². The molecule has 2 heterocycles. The Morgan fingerprint density at radius 3 is 2.23 bits per heavy atom. The van der Waals surface area contributed by atoms with Crippen molar-refractivity contribution >= 4 is 5.91 Å². The van der Waals surface area contributed by atoms with E-state index in [9.17, 15) is 9.59 Å². The molecule has 2 aliphatic carbocycles. The van der Waals surface area contributed by atoms with E-state index in [2.05, 4.69) is 4.90 Å². The number of benzene rings is 1. The van der Waals surface area contributed by atoms with Crippen molar-refractivity contribution in [1.82, 2.24) is 14.7 Å². The van der Waals surface area contributed by atoms with Crippen LogP contribution in [0.1, 0.15) is 57.4 Å². The van der Waals surface area contributed by atoms with E-state index < -0.39 is 0 Å². The van der Waals surface area contributed by atoms with Gasteiger partial charge in [-0.3, -0.25) is 9.59 Å². The first-order valence-electron chi connectivity index (χ1n) is 11.6. The van der Waals surface area contributed by atoms with Gasteiger partial charge in [0.15, 0.2) is 0 Å². The number of hydrogen-bond acceptors (Lipinski definition) is 3. The van der Waals surface area contributed by atoms with Crippen molar-refractivity contribution in [2.45, 2.75) is 57.4 Å². The number of hydrogen-bond donors (Lipinski definition) is 0. The molecule has 1 aromatic carbocycles. The zero-order valence-corrected chi connectivity index (χ0v) is 17.6. The van der Waals surface area contributed by atoms with Crippen LogP contribution in [0.4, 0.5) is 0 Å². The highest BCUT2D eigenvalue weighted by Crippen LogP contribution is 2.43. The molecule has 2 aromatic rings. The van der Waals surface area contributed by atoms with Gasteiger partial charge in [0.25, 0.3) is 5.56 Å². The minimum Gasteiger partial charge on any atom is -0.342 e. The quantitative estimate of drug-likeness (QED) is 0.765. The zero-order chi connectivity index (χ0) is 20.5. The maximum Gasteiger partial charge on any atom is 0.267 e. The molecular weight excluding hydrogens is 374 g/mol. The Morgan fingerprint density at radius 1 is 0.833 bits per heavy atom. The predicted molar refractivity (Wildman–Crippen MR) is 117 cm³/mol. The first-order valence-corrected chi connectivity index (χ1v) is 11.6. The number of carbonyl (C=O) groups is 1. The molecule has 1 saturated heterocycles. The second-order valence-electron chi connectivity index (χ2n) is 9.39. The number of fused-ring (bicyclic) bond motifs is 2. The van der Waals surface area contributed by atoms with Crippen molar-refractivity contribution in [2.24, 2.45) is 17.8 Å². The molecule has 5 nitrogen and oxygen atoms in total. The molecule has 158 valence electrons. The van der Waals surface area contributed by atoms with E-state index in [0.717, 1.165) is 50.0 Å². The van der Waals surface area contributed by atoms with E-state index in [1.807, 2.05) is 36.4 Å². The maximum atomic E-state index is 13.2. The van der Waals surface area contributed by atoms with Gasteiger partial charge in [-0.25, -0.2) is 4.68 Å². The Hall–Kier alpha value is -2.43. The van der Waals surface area contributed by atoms with Crippen LogP contribution in [0.25, 0.3) is 11.3 Å². The summed E-state index contributed by atoms with van der Waals surface area (Å²) in [6.07, 6.45) is 9.06. The lowest BCUT2D eigenvalue weighted by Gasteiger charge is -2.48. The lowest BCUT2D eigenvalue weighted by Crippen LogP contribution is -2.54. The first kappa shape index (κ1) is 19.5. The average molecular weight is 406 g/mol. The van der Waals surface area contributed by atoms with Crippen LogP contribution >= 0.6 is 0 Å². The molecule has 30 heavy (non-hydrogen) atoms. The van der Waals surface area contributed by atoms with Crippen molar-refractivity contribution in [2.75, 3.05) is 13.1 Å². The van der Waals surface area contributed by atoms with Crippen LogP contribution in [0.2, 0.25) is 0 Å². The minimum atomic E-state index is -0.0244. The van der Waals surface area contributed by atoms with Crippen LogP contribution in [-0.4, -0.2) is 33.7 Å². The van der Waals surface area contributed by atoms with Crippen LogP contribution in [0.3, 0.4) is 0 Å². The monoisotopic (exact) mass is 405 g/mol. The molecule has 1 amide bonds. The summed E-state index contributed by atoms with van der Waals surface area (Å²) in [4.78, 5) is 28.1. The highest BCUT2D eigenvalue weighted by Gasteiger charge is 2.43. The number of aromatic nitrogens is 2. The Morgan fingerprint density at radius 2 is 1.53 bits per heavy atom. The summed E-state index contributed by atoms with van der Waals surface area (Å²) in [5.41, 5.74) is 1.85. The largest absolute Gasteiger partial charge is 0.342 e. The molecule has 0 radical (unpaired) electrons. The summed E-state index contributed by atoms with van der Waals surface area (Å²) in [6.45, 7) is 1.56. The SMILES string of the molecule is O=C(C1CCCCC1)N1C[C@@H]2CCC[C@@H](C1)C2n1nc(-c2ccccc2)ccc1=O. The molecule has 5 heteroatoms. The Balaban J connectivity index is 1.41. The average Bonchev–Trinajstić information content (AvgIpc) is 2.79. The maximum absolute atomic E-state index is 13.2. The Bertz CT molecular complexity index is 934. The summed E-state index contributed by atoms with van der Waals surface area (Å²) in [5, 5.41) is 4.81. The van der Waals surface area contributed by atoms with Crippen molar-refractivity contribution < 1.29 is 4.79 Å². The lowest BCUT2D eigenvalue weighted by molar-refractivity contribution is -0.142. The van der Waals surface area contributed by atoms with E-state index >= 15 is 0 Å². The van der Waals surface area contributed by atoms with E-state index in [-0.39, 0.29) is 17.5 Å². The summed E-state index contributed by atoms with van der Waals surface area (Å²) < 4.78 is 1.75. The third kappa shape index (κ3) is 3.70. The molecule has 0 N–H and O–H groups in total. The van der Waals surface area contributed by atoms with Crippen molar-refractivity contribution in [3.8, 4) is 11.3 Å². The van der Waals surface area contributed by atoms with E-state index in [1.165, 1.54) is 25.7 Å². The second kappa shape index (κ2) is 8.37. The van der Waals surface area contributed by atoms with E-state index in [0.29, 0.717) is 17.7 Å². The van der Waals surface area contributed by atoms with E-state index in [4.69, 9.17) is 5.10 Å². The van der Waals surface area contributed by atoms with E-state index in [1.54, 1.807) is 10.7 Å². The molecule has 2 atom stereocenters. The van der Waals surface area contributed by atoms with Gasteiger partial charge in [0, 0.05) is 30.6 Å². The number of amides is 1. The lowest BCUT2D eigenvalue weighted by atomic mass is 9.73. The number of likely N-dealkylation sites (tertiary alicyclic amines) is 1. The standard InChI is InChI=1S/C25H31N3O2/c29-23-15-14-22(18-8-3-1-4-9-18)26-28(23)24-20-12-7-13-21(24)17-27(16-20)25(30)19-10-5-2-6-11-19/h1,3-4,8-9,14-15,19-21,24H,2,5-7,10-13,16-17H2/t20-,21-/m0/s1. The topological polar surface area (TPSA) is 55.2 Å². The summed E-state index contributed by atoms with van der Waals surface area (Å²) >= 11 is 0. The highest BCUT2D eigenvalue weighted by molar-refractivity contribution is 5.79. The third-order valence-corrected chi connectivity index (χ3v) is 7.47. The van der Waals surface area contributed by atoms with Gasteiger partial charge in [-0.05, 0) is 43.6 Å². The molecule has 0 spiro atoms. The molecular formula is C25H31N3O2. The van der Waals surface area contributed by atoms with Crippen molar-refractivity contribution in [1.29, 1.82) is 0 Å². The van der Waals surface area contributed by atoms with Gasteiger partial charge in [0.2, 0.25) is 5.91 Å². The summed E-state index contributed by atoms with van der Waals surface area (Å²) in [7, 11) is 0. The van der Waals surface area contributed by atoms with Crippen LogP contribution in [0, 0.1) is 17.8 Å². The molecule has 2 bridgehead atoms. The fraction of sp³-hybridized carbons (Fsp3) is 0.560. The summed E-state index contributed by atoms with van der Waals surface area (Å²) in [5.74, 6) is 1.23. The normalized spacial score (nSPS) is 27.1. The van der Waals surface area contributed by atoms with Gasteiger partial charge in [-0.15, -0.1) is 0 Å². The number of nitrogens with zero attached hydrogens (tertiary/aromatic N) is 3. The zero-order valence-electron chi connectivity index (χ0n) is 17.6. The van der Waals surface area contributed by atoms with Gasteiger partial charge in [0.1, 0.15) is 0 Å². The third-order valence-electron chi connectivity index (χ3n) is 7.47. The highest BCUT2D eigenvalue weighted by atomic mass is 16.2. The fourth-order valence-electron chi connectivity index (χ4n) is 6.00. The number of rotatable bonds is 3. The first-order chi connectivity index (χ1) is 14.7. The van der Waals surface area contributed by atoms with Gasteiger partial charge in [0.05, 0.1) is 11.7 Å². The van der Waals surface area contributed by atoms with Crippen molar-refractivity contribution in [3.05, 3.63) is 52.8 Å². The van der Waals surface area contributed by atoms with Crippen LogP contribution < -0.4 is 5.56 Å². The molecule has 3 aliphatic rings. The smallest absolute Gasteiger partial charge is 0.267 e. The number of piperidine rings is 1. The molecule has 1 aliphatic heterocycles. The molecule has 2 saturated carbocycles. The molecule has 3 fully saturated rings. The predicted octanol–water partition coefficient (Wildman–Crippen LogP) is 4.29. The Kier molecular flexibility index (Phi) is 5.45. The molecule has 1 aromatic heterocycles. The molecule has 0 unspecified atom stereocenters.